The van der Waals surface area contributed by atoms with Crippen LogP contribution in [0.1, 0.15) is 57.5 Å². The van der Waals surface area contributed by atoms with Crippen molar-refractivity contribution in [2.24, 2.45) is 0 Å². The SMILES string of the molecule is COc1ccc(C(=O)N2CCC(c3nc4c(s3)CCCC4)CC2)cn1. The number of methoxy groups -OCH3 is 1. The molecule has 1 aliphatic carbocycles. The van der Waals surface area contributed by atoms with Crippen LogP contribution in [0.25, 0.3) is 0 Å². The maximum Gasteiger partial charge on any atom is 0.255 e. The van der Waals surface area contributed by atoms with Crippen LogP contribution in [0.2, 0.25) is 0 Å². The van der Waals surface area contributed by atoms with Gasteiger partial charge in [0.1, 0.15) is 0 Å². The van der Waals surface area contributed by atoms with Crippen LogP contribution in [0, 0.1) is 0 Å². The Balaban J connectivity index is 1.39. The molecule has 1 saturated heterocycles. The van der Waals surface area contributed by atoms with Gasteiger partial charge >= 0.3 is 0 Å². The molecule has 0 spiro atoms. The molecule has 2 aromatic rings. The molecule has 0 N–H and O–H groups in total. The van der Waals surface area contributed by atoms with Gasteiger partial charge in [0.2, 0.25) is 5.88 Å². The molecule has 4 rings (SSSR count). The first-order chi connectivity index (χ1) is 12.2. The topological polar surface area (TPSA) is 55.3 Å². The predicted octanol–water partition coefficient (Wildman–Crippen LogP) is 3.45. The molecule has 0 atom stereocenters. The first-order valence-electron chi connectivity index (χ1n) is 9.02. The maximum absolute atomic E-state index is 12.6. The van der Waals surface area contributed by atoms with Gasteiger partial charge in [-0.15, -0.1) is 11.3 Å². The summed E-state index contributed by atoms with van der Waals surface area (Å²) < 4.78 is 5.05. The second-order valence-electron chi connectivity index (χ2n) is 6.78. The van der Waals surface area contributed by atoms with E-state index in [2.05, 4.69) is 4.98 Å². The van der Waals surface area contributed by atoms with Gasteiger partial charge in [-0.2, -0.15) is 0 Å². The van der Waals surface area contributed by atoms with Gasteiger partial charge in [0.15, 0.2) is 0 Å². The molecule has 2 aromatic heterocycles. The minimum atomic E-state index is 0.0621. The van der Waals surface area contributed by atoms with Crippen molar-refractivity contribution >= 4 is 17.2 Å². The highest BCUT2D eigenvalue weighted by molar-refractivity contribution is 7.11. The Morgan fingerprint density at radius 1 is 1.24 bits per heavy atom. The van der Waals surface area contributed by atoms with Crippen LogP contribution in [0.4, 0.5) is 0 Å². The molecule has 0 aromatic carbocycles. The number of likely N-dealkylation sites (tertiary alicyclic amines) is 1. The Morgan fingerprint density at radius 2 is 2.04 bits per heavy atom. The molecule has 5 nitrogen and oxygen atoms in total. The minimum absolute atomic E-state index is 0.0621. The summed E-state index contributed by atoms with van der Waals surface area (Å²) in [7, 11) is 1.57. The van der Waals surface area contributed by atoms with Crippen molar-refractivity contribution in [3.05, 3.63) is 39.5 Å². The predicted molar refractivity (Wildman–Crippen MR) is 97.4 cm³/mol. The molecular weight excluding hydrogens is 334 g/mol. The number of hydrogen-bond acceptors (Lipinski definition) is 5. The fraction of sp³-hybridized carbons (Fsp3) is 0.526. The summed E-state index contributed by atoms with van der Waals surface area (Å²) in [5.41, 5.74) is 1.97. The molecule has 132 valence electrons. The van der Waals surface area contributed by atoms with Crippen molar-refractivity contribution in [1.82, 2.24) is 14.9 Å². The highest BCUT2D eigenvalue weighted by Crippen LogP contribution is 2.35. The van der Waals surface area contributed by atoms with Crippen LogP contribution >= 0.6 is 11.3 Å². The third-order valence-corrected chi connectivity index (χ3v) is 6.51. The Morgan fingerprint density at radius 3 is 2.72 bits per heavy atom. The van der Waals surface area contributed by atoms with E-state index in [4.69, 9.17) is 9.72 Å². The van der Waals surface area contributed by atoms with Crippen molar-refractivity contribution in [1.29, 1.82) is 0 Å². The zero-order chi connectivity index (χ0) is 17.2. The van der Waals surface area contributed by atoms with E-state index >= 15 is 0 Å². The van der Waals surface area contributed by atoms with Crippen molar-refractivity contribution in [2.75, 3.05) is 20.2 Å². The molecule has 0 radical (unpaired) electrons. The van der Waals surface area contributed by atoms with E-state index < -0.39 is 0 Å². The Bertz CT molecular complexity index is 725. The minimum Gasteiger partial charge on any atom is -0.481 e. The average Bonchev–Trinajstić information content (AvgIpc) is 3.12. The molecule has 0 bridgehead atoms. The molecule has 1 aliphatic heterocycles. The summed E-state index contributed by atoms with van der Waals surface area (Å²) in [6, 6.07) is 3.52. The fourth-order valence-corrected chi connectivity index (χ4v) is 5.01. The molecule has 6 heteroatoms. The van der Waals surface area contributed by atoms with Gasteiger partial charge < -0.3 is 9.64 Å². The van der Waals surface area contributed by atoms with E-state index in [1.54, 1.807) is 25.4 Å². The van der Waals surface area contributed by atoms with E-state index in [-0.39, 0.29) is 5.91 Å². The Labute approximate surface area is 152 Å². The number of pyridine rings is 1. The number of carbonyl (C=O) groups excluding carboxylic acids is 1. The number of piperidine rings is 1. The summed E-state index contributed by atoms with van der Waals surface area (Å²) in [4.78, 5) is 25.1. The third-order valence-electron chi connectivity index (χ3n) is 5.19. The van der Waals surface area contributed by atoms with Crippen LogP contribution in [0.15, 0.2) is 18.3 Å². The molecule has 1 amide bonds. The first-order valence-corrected chi connectivity index (χ1v) is 9.84. The monoisotopic (exact) mass is 357 g/mol. The van der Waals surface area contributed by atoms with Crippen LogP contribution in [-0.4, -0.2) is 41.0 Å². The van der Waals surface area contributed by atoms with E-state index in [0.717, 1.165) is 32.4 Å². The van der Waals surface area contributed by atoms with Crippen LogP contribution < -0.4 is 4.74 Å². The van der Waals surface area contributed by atoms with Crippen molar-refractivity contribution in [3.8, 4) is 5.88 Å². The van der Waals surface area contributed by atoms with Gasteiger partial charge in [-0.1, -0.05) is 0 Å². The summed E-state index contributed by atoms with van der Waals surface area (Å²) >= 11 is 1.91. The highest BCUT2D eigenvalue weighted by Gasteiger charge is 2.28. The van der Waals surface area contributed by atoms with Crippen molar-refractivity contribution < 1.29 is 9.53 Å². The highest BCUT2D eigenvalue weighted by atomic mass is 32.1. The lowest BCUT2D eigenvalue weighted by molar-refractivity contribution is 0.0712. The quantitative estimate of drug-likeness (QED) is 0.844. The lowest BCUT2D eigenvalue weighted by Crippen LogP contribution is -2.37. The van der Waals surface area contributed by atoms with Crippen LogP contribution in [0.3, 0.4) is 0 Å². The lowest BCUT2D eigenvalue weighted by atomic mass is 9.97. The number of thiazole rings is 1. The number of ether oxygens (including phenoxy) is 1. The molecule has 25 heavy (non-hydrogen) atoms. The second-order valence-corrected chi connectivity index (χ2v) is 7.90. The number of aryl methyl sites for hydroxylation is 2. The van der Waals surface area contributed by atoms with Crippen LogP contribution in [-0.2, 0) is 12.8 Å². The van der Waals surface area contributed by atoms with Gasteiger partial charge in [0.25, 0.3) is 5.91 Å². The average molecular weight is 357 g/mol. The van der Waals surface area contributed by atoms with Crippen molar-refractivity contribution in [2.45, 2.75) is 44.4 Å². The number of rotatable bonds is 3. The molecule has 1 fully saturated rings. The second kappa shape index (κ2) is 7.12. The maximum atomic E-state index is 12.6. The summed E-state index contributed by atoms with van der Waals surface area (Å²) in [6.07, 6.45) is 8.53. The van der Waals surface area contributed by atoms with Crippen LogP contribution in [0.5, 0.6) is 5.88 Å². The first kappa shape index (κ1) is 16.5. The summed E-state index contributed by atoms with van der Waals surface area (Å²) in [5, 5.41) is 1.30. The number of hydrogen-bond donors (Lipinski definition) is 0. The summed E-state index contributed by atoms with van der Waals surface area (Å²) in [5.74, 6) is 1.10. The number of aromatic nitrogens is 2. The lowest BCUT2D eigenvalue weighted by Gasteiger charge is -2.31. The van der Waals surface area contributed by atoms with E-state index in [9.17, 15) is 4.79 Å². The molecule has 0 saturated carbocycles. The smallest absolute Gasteiger partial charge is 0.255 e. The third kappa shape index (κ3) is 3.40. The van der Waals surface area contributed by atoms with E-state index in [0.29, 0.717) is 17.4 Å². The van der Waals surface area contributed by atoms with Gasteiger partial charge in [-0.25, -0.2) is 9.97 Å². The number of amides is 1. The number of nitrogens with zero attached hydrogens (tertiary/aromatic N) is 3. The zero-order valence-corrected chi connectivity index (χ0v) is 15.3. The molecular formula is C19H23N3O2S. The van der Waals surface area contributed by atoms with Gasteiger partial charge in [-0.05, 0) is 44.6 Å². The standard InChI is InChI=1S/C19H23N3O2S/c1-24-17-7-6-14(12-20-17)19(23)22-10-8-13(9-11-22)18-21-15-4-2-3-5-16(15)25-18/h6-7,12-13H,2-5,8-11H2,1H3. The van der Waals surface area contributed by atoms with Gasteiger partial charge in [0, 0.05) is 36.1 Å². The van der Waals surface area contributed by atoms with Crippen molar-refractivity contribution in [3.63, 3.8) is 0 Å². The number of fused-ring (bicyclic) bond motifs is 1. The normalized spacial score (nSPS) is 18.0. The summed E-state index contributed by atoms with van der Waals surface area (Å²) in [6.45, 7) is 1.58. The fourth-order valence-electron chi connectivity index (χ4n) is 3.69. The molecule has 3 heterocycles. The Hall–Kier alpha value is -1.95. The number of carbonyl (C=O) groups is 1. The van der Waals surface area contributed by atoms with E-state index in [1.165, 1.54) is 34.8 Å². The largest absolute Gasteiger partial charge is 0.481 e. The van der Waals surface area contributed by atoms with Gasteiger partial charge in [-0.3, -0.25) is 4.79 Å². The van der Waals surface area contributed by atoms with Gasteiger partial charge in [0.05, 0.1) is 23.4 Å². The zero-order valence-electron chi connectivity index (χ0n) is 14.5. The Kier molecular flexibility index (Phi) is 4.70. The molecule has 0 unspecified atom stereocenters. The molecule has 2 aliphatic rings. The van der Waals surface area contributed by atoms with E-state index in [1.807, 2.05) is 16.2 Å².